The third-order valence-corrected chi connectivity index (χ3v) is 5.33. The van der Waals surface area contributed by atoms with E-state index in [0.717, 1.165) is 23.5 Å². The number of fused-ring (bicyclic) bond motifs is 1. The summed E-state index contributed by atoms with van der Waals surface area (Å²) in [5.74, 6) is 1.63. The summed E-state index contributed by atoms with van der Waals surface area (Å²) in [6, 6.07) is 16.8. The number of carbonyl (C=O) groups excluding carboxylic acids is 1. The van der Waals surface area contributed by atoms with E-state index in [1.165, 1.54) is 0 Å². The second-order valence-corrected chi connectivity index (χ2v) is 6.98. The largest absolute Gasteiger partial charge is 0.493 e. The van der Waals surface area contributed by atoms with Crippen LogP contribution in [-0.4, -0.2) is 43.4 Å². The molecular formula is C23H25N3O4. The number of ether oxygens (including phenoxy) is 3. The van der Waals surface area contributed by atoms with E-state index in [1.807, 2.05) is 65.7 Å². The molecule has 2 heterocycles. The Balaban J connectivity index is 1.77. The Kier molecular flexibility index (Phi) is 5.52. The van der Waals surface area contributed by atoms with E-state index in [9.17, 15) is 4.79 Å². The van der Waals surface area contributed by atoms with Crippen molar-refractivity contribution in [2.75, 3.05) is 33.2 Å². The van der Waals surface area contributed by atoms with Crippen LogP contribution >= 0.6 is 0 Å². The Bertz CT molecular complexity index is 1010. The monoisotopic (exact) mass is 407 g/mol. The van der Waals surface area contributed by atoms with Gasteiger partial charge < -0.3 is 29.0 Å². The predicted molar refractivity (Wildman–Crippen MR) is 115 cm³/mol. The first-order chi connectivity index (χ1) is 14.7. The first kappa shape index (κ1) is 19.7. The molecule has 4 rings (SSSR count). The van der Waals surface area contributed by atoms with Crippen molar-refractivity contribution in [2.45, 2.75) is 12.6 Å². The molecular weight excluding hydrogens is 382 g/mol. The van der Waals surface area contributed by atoms with E-state index in [2.05, 4.69) is 9.88 Å². The second kappa shape index (κ2) is 8.41. The zero-order valence-corrected chi connectivity index (χ0v) is 17.3. The van der Waals surface area contributed by atoms with Gasteiger partial charge in [-0.05, 0) is 42.0 Å². The van der Waals surface area contributed by atoms with Crippen LogP contribution in [0.1, 0.15) is 17.3 Å². The van der Waals surface area contributed by atoms with E-state index < -0.39 is 0 Å². The molecule has 7 nitrogen and oxygen atoms in total. The molecule has 1 N–H and O–H groups in total. The Morgan fingerprint density at radius 2 is 1.63 bits per heavy atom. The lowest BCUT2D eigenvalue weighted by Crippen LogP contribution is -2.44. The van der Waals surface area contributed by atoms with E-state index in [0.29, 0.717) is 23.8 Å². The normalized spacial score (nSPS) is 15.3. The van der Waals surface area contributed by atoms with Gasteiger partial charge in [0.05, 0.1) is 27.4 Å². The highest BCUT2D eigenvalue weighted by Crippen LogP contribution is 2.43. The maximum Gasteiger partial charge on any atom is 0.322 e. The highest BCUT2D eigenvalue weighted by molar-refractivity contribution is 5.90. The summed E-state index contributed by atoms with van der Waals surface area (Å²) in [7, 11) is 4.75. The number of amides is 2. The molecule has 0 saturated carbocycles. The lowest BCUT2D eigenvalue weighted by Gasteiger charge is -2.37. The molecule has 1 aliphatic rings. The molecule has 7 heteroatoms. The summed E-state index contributed by atoms with van der Waals surface area (Å²) in [5, 5.41) is 3.00. The van der Waals surface area contributed by atoms with E-state index in [1.54, 1.807) is 21.3 Å². The minimum atomic E-state index is -0.300. The van der Waals surface area contributed by atoms with Gasteiger partial charge in [0.25, 0.3) is 0 Å². The quantitative estimate of drug-likeness (QED) is 0.690. The number of hydrogen-bond acceptors (Lipinski definition) is 4. The summed E-state index contributed by atoms with van der Waals surface area (Å²) in [6.45, 7) is 1.30. The summed E-state index contributed by atoms with van der Waals surface area (Å²) >= 11 is 0. The van der Waals surface area contributed by atoms with Crippen molar-refractivity contribution >= 4 is 11.7 Å². The zero-order chi connectivity index (χ0) is 21.1. The van der Waals surface area contributed by atoms with Crippen LogP contribution in [0.4, 0.5) is 10.5 Å². The second-order valence-electron chi connectivity index (χ2n) is 6.98. The first-order valence-corrected chi connectivity index (χ1v) is 9.74. The molecule has 156 valence electrons. The van der Waals surface area contributed by atoms with Crippen LogP contribution in [0.3, 0.4) is 0 Å². The number of anilines is 1. The Morgan fingerprint density at radius 3 is 2.27 bits per heavy atom. The van der Waals surface area contributed by atoms with Gasteiger partial charge in [-0.3, -0.25) is 0 Å². The summed E-state index contributed by atoms with van der Waals surface area (Å²) in [4.78, 5) is 15.1. The van der Waals surface area contributed by atoms with Crippen LogP contribution in [0.2, 0.25) is 0 Å². The maximum absolute atomic E-state index is 13.2. The van der Waals surface area contributed by atoms with Gasteiger partial charge in [0.15, 0.2) is 11.5 Å². The van der Waals surface area contributed by atoms with Gasteiger partial charge in [0, 0.05) is 30.7 Å². The van der Waals surface area contributed by atoms with Crippen molar-refractivity contribution < 1.29 is 19.0 Å². The lowest BCUT2D eigenvalue weighted by atomic mass is 9.99. The molecule has 1 unspecified atom stereocenters. The number of rotatable bonds is 5. The molecule has 3 aromatic rings. The molecule has 1 aliphatic heterocycles. The van der Waals surface area contributed by atoms with Crippen molar-refractivity contribution in [1.29, 1.82) is 0 Å². The van der Waals surface area contributed by atoms with Crippen molar-refractivity contribution in [3.8, 4) is 17.2 Å². The van der Waals surface area contributed by atoms with Crippen LogP contribution in [0.25, 0.3) is 0 Å². The number of aromatic nitrogens is 1. The molecule has 1 aromatic heterocycles. The molecule has 1 atom stereocenters. The van der Waals surface area contributed by atoms with Gasteiger partial charge in [0.2, 0.25) is 5.75 Å². The van der Waals surface area contributed by atoms with Crippen LogP contribution in [0.5, 0.6) is 17.2 Å². The van der Waals surface area contributed by atoms with E-state index in [4.69, 9.17) is 14.2 Å². The van der Waals surface area contributed by atoms with Crippen LogP contribution in [-0.2, 0) is 6.54 Å². The number of benzene rings is 2. The van der Waals surface area contributed by atoms with Gasteiger partial charge in [-0.2, -0.15) is 0 Å². The molecule has 0 bridgehead atoms. The Hall–Kier alpha value is -3.61. The van der Waals surface area contributed by atoms with Crippen LogP contribution in [0, 0.1) is 0 Å². The number of methoxy groups -OCH3 is 3. The Labute approximate surface area is 175 Å². The fourth-order valence-corrected chi connectivity index (χ4v) is 3.93. The fourth-order valence-electron chi connectivity index (χ4n) is 3.93. The number of hydrogen-bond donors (Lipinski definition) is 1. The number of nitrogens with zero attached hydrogens (tertiary/aromatic N) is 2. The summed E-state index contributed by atoms with van der Waals surface area (Å²) in [5.41, 5.74) is 2.66. The van der Waals surface area contributed by atoms with Crippen LogP contribution < -0.4 is 19.5 Å². The predicted octanol–water partition coefficient (Wildman–Crippen LogP) is 4.15. The van der Waals surface area contributed by atoms with Crippen molar-refractivity contribution in [3.63, 3.8) is 0 Å². The van der Waals surface area contributed by atoms with E-state index in [-0.39, 0.29) is 12.1 Å². The molecule has 0 spiro atoms. The molecule has 30 heavy (non-hydrogen) atoms. The molecule has 2 amide bonds. The topological polar surface area (TPSA) is 65.0 Å². The van der Waals surface area contributed by atoms with Gasteiger partial charge in [0.1, 0.15) is 0 Å². The highest BCUT2D eigenvalue weighted by atomic mass is 16.5. The average molecular weight is 407 g/mol. The first-order valence-electron chi connectivity index (χ1n) is 9.74. The maximum atomic E-state index is 13.2. The number of urea groups is 1. The minimum Gasteiger partial charge on any atom is -0.493 e. The fraction of sp³-hybridized carbons (Fsp3) is 0.261. The molecule has 0 aliphatic carbocycles. The van der Waals surface area contributed by atoms with Crippen LogP contribution in [0.15, 0.2) is 60.8 Å². The summed E-state index contributed by atoms with van der Waals surface area (Å²) in [6.07, 6.45) is 2.03. The molecule has 2 aromatic carbocycles. The smallest absolute Gasteiger partial charge is 0.322 e. The minimum absolute atomic E-state index is 0.160. The Morgan fingerprint density at radius 1 is 0.933 bits per heavy atom. The van der Waals surface area contributed by atoms with Gasteiger partial charge >= 0.3 is 6.03 Å². The standard InChI is InChI=1S/C23H25N3O4/c1-28-19-14-16(15-20(29-2)22(19)30-3)21-18-10-7-11-25(18)12-13-26(21)23(27)24-17-8-5-4-6-9-17/h4-11,14-15,21H,12-13H2,1-3H3,(H,24,27). The third-order valence-electron chi connectivity index (χ3n) is 5.33. The van der Waals surface area contributed by atoms with E-state index >= 15 is 0 Å². The molecule has 0 radical (unpaired) electrons. The van der Waals surface area contributed by atoms with Crippen molar-refractivity contribution in [2.24, 2.45) is 0 Å². The molecule has 0 saturated heterocycles. The summed E-state index contributed by atoms with van der Waals surface area (Å²) < 4.78 is 18.7. The average Bonchev–Trinajstić information content (AvgIpc) is 3.26. The SMILES string of the molecule is COc1cc(C2c3cccn3CCN2C(=O)Nc2ccccc2)cc(OC)c1OC. The van der Waals surface area contributed by atoms with Crippen molar-refractivity contribution in [1.82, 2.24) is 9.47 Å². The van der Waals surface area contributed by atoms with Gasteiger partial charge in [-0.15, -0.1) is 0 Å². The van der Waals surface area contributed by atoms with Gasteiger partial charge in [-0.1, -0.05) is 18.2 Å². The molecule has 0 fully saturated rings. The van der Waals surface area contributed by atoms with Crippen molar-refractivity contribution in [3.05, 3.63) is 72.1 Å². The number of nitrogens with one attached hydrogen (secondary N) is 1. The number of para-hydroxylation sites is 1. The third kappa shape index (κ3) is 3.54. The highest BCUT2D eigenvalue weighted by Gasteiger charge is 2.33. The lowest BCUT2D eigenvalue weighted by molar-refractivity contribution is 0.181. The zero-order valence-electron chi connectivity index (χ0n) is 17.3. The number of carbonyl (C=O) groups is 1. The van der Waals surface area contributed by atoms with Gasteiger partial charge in [-0.25, -0.2) is 4.79 Å².